The van der Waals surface area contributed by atoms with E-state index in [-0.39, 0.29) is 35.1 Å². The van der Waals surface area contributed by atoms with Crippen molar-refractivity contribution in [2.45, 2.75) is 31.7 Å². The van der Waals surface area contributed by atoms with Crippen LogP contribution in [0.15, 0.2) is 58.1 Å². The Bertz CT molecular complexity index is 1240. The number of aryl methyl sites for hydroxylation is 2. The van der Waals surface area contributed by atoms with E-state index < -0.39 is 11.9 Å². The molecule has 1 atom stereocenters. The Balaban J connectivity index is 2.11. The lowest BCUT2D eigenvalue weighted by Gasteiger charge is -2.28. The molecule has 1 aromatic carbocycles. The van der Waals surface area contributed by atoms with Crippen molar-refractivity contribution in [1.29, 1.82) is 10.5 Å². The summed E-state index contributed by atoms with van der Waals surface area (Å²) in [5, 5.41) is 20.4. The average molecular weight is 481 g/mol. The molecule has 2 heterocycles. The summed E-state index contributed by atoms with van der Waals surface area (Å²) in [6.07, 6.45) is 0. The standard InChI is InChI=1S/C24H21ClN4O3S/c1-4-31-24(30)21-19(12-33-23-17(10-26)13(2)9-14(3)29-23)32-22(28)18(11-27)20(21)15-5-7-16(25)8-6-15/h5-9,20H,4,12,28H2,1-3H3. The maximum Gasteiger partial charge on any atom is 0.338 e. The highest BCUT2D eigenvalue weighted by Crippen LogP contribution is 2.41. The van der Waals surface area contributed by atoms with Crippen LogP contribution in [0.1, 0.15) is 35.2 Å². The van der Waals surface area contributed by atoms with Crippen LogP contribution in [0, 0.1) is 36.5 Å². The minimum atomic E-state index is -0.779. The van der Waals surface area contributed by atoms with Crippen LogP contribution in [0.25, 0.3) is 0 Å². The van der Waals surface area contributed by atoms with Crippen LogP contribution in [-0.2, 0) is 14.3 Å². The molecule has 168 valence electrons. The first-order valence-electron chi connectivity index (χ1n) is 10.0. The number of nitrogens with two attached hydrogens (primary N) is 1. The van der Waals surface area contributed by atoms with Crippen molar-refractivity contribution in [3.05, 3.63) is 80.5 Å². The molecule has 1 unspecified atom stereocenters. The van der Waals surface area contributed by atoms with Crippen molar-refractivity contribution in [3.8, 4) is 12.1 Å². The minimum absolute atomic E-state index is 0.0880. The molecule has 33 heavy (non-hydrogen) atoms. The molecule has 7 nitrogen and oxygen atoms in total. The van der Waals surface area contributed by atoms with Gasteiger partial charge in [-0.25, -0.2) is 9.78 Å². The molecule has 2 aromatic rings. The normalized spacial score (nSPS) is 15.5. The molecule has 3 rings (SSSR count). The van der Waals surface area contributed by atoms with Gasteiger partial charge in [0.15, 0.2) is 0 Å². The Morgan fingerprint density at radius 2 is 1.97 bits per heavy atom. The zero-order chi connectivity index (χ0) is 24.1. The van der Waals surface area contributed by atoms with E-state index in [2.05, 4.69) is 17.1 Å². The van der Waals surface area contributed by atoms with Crippen molar-refractivity contribution >= 4 is 29.3 Å². The number of benzene rings is 1. The number of halogens is 1. The molecular formula is C24H21ClN4O3S. The van der Waals surface area contributed by atoms with Crippen LogP contribution >= 0.6 is 23.4 Å². The number of esters is 1. The molecule has 0 radical (unpaired) electrons. The lowest BCUT2D eigenvalue weighted by molar-refractivity contribution is -0.139. The van der Waals surface area contributed by atoms with Gasteiger partial charge in [0.05, 0.1) is 29.4 Å². The first-order chi connectivity index (χ1) is 15.8. The number of carbonyl (C=O) groups is 1. The second-order valence-electron chi connectivity index (χ2n) is 7.19. The van der Waals surface area contributed by atoms with Crippen LogP contribution in [0.4, 0.5) is 0 Å². The summed E-state index contributed by atoms with van der Waals surface area (Å²) in [4.78, 5) is 17.5. The summed E-state index contributed by atoms with van der Waals surface area (Å²) in [5.74, 6) is -1.07. The van der Waals surface area contributed by atoms with E-state index in [4.69, 9.17) is 26.8 Å². The highest BCUT2D eigenvalue weighted by Gasteiger charge is 2.37. The van der Waals surface area contributed by atoms with Crippen molar-refractivity contribution < 1.29 is 14.3 Å². The van der Waals surface area contributed by atoms with Crippen LogP contribution in [0.5, 0.6) is 0 Å². The van der Waals surface area contributed by atoms with E-state index in [9.17, 15) is 15.3 Å². The van der Waals surface area contributed by atoms with Crippen LogP contribution in [0.2, 0.25) is 5.02 Å². The number of carbonyl (C=O) groups excluding carboxylic acids is 1. The summed E-state index contributed by atoms with van der Waals surface area (Å²) < 4.78 is 11.1. The van der Waals surface area contributed by atoms with Crippen LogP contribution < -0.4 is 5.73 Å². The molecule has 0 bridgehead atoms. The quantitative estimate of drug-likeness (QED) is 0.468. The van der Waals surface area contributed by atoms with Crippen LogP contribution in [0.3, 0.4) is 0 Å². The first-order valence-corrected chi connectivity index (χ1v) is 11.4. The van der Waals surface area contributed by atoms with E-state index in [0.717, 1.165) is 11.3 Å². The molecule has 0 saturated heterocycles. The Morgan fingerprint density at radius 1 is 1.27 bits per heavy atom. The number of hydrogen-bond donors (Lipinski definition) is 1. The lowest BCUT2D eigenvalue weighted by Crippen LogP contribution is -2.27. The maximum absolute atomic E-state index is 13.0. The monoisotopic (exact) mass is 480 g/mol. The largest absolute Gasteiger partial charge is 0.463 e. The molecule has 0 aliphatic carbocycles. The van der Waals surface area contributed by atoms with Gasteiger partial charge in [0.2, 0.25) is 5.88 Å². The molecule has 0 amide bonds. The lowest BCUT2D eigenvalue weighted by atomic mass is 9.83. The highest BCUT2D eigenvalue weighted by atomic mass is 35.5. The first kappa shape index (κ1) is 24.2. The number of pyridine rings is 1. The molecule has 0 saturated carbocycles. The maximum atomic E-state index is 13.0. The van der Waals surface area contributed by atoms with Gasteiger partial charge in [-0.05, 0) is 50.1 Å². The van der Waals surface area contributed by atoms with Crippen LogP contribution in [-0.4, -0.2) is 23.3 Å². The zero-order valence-electron chi connectivity index (χ0n) is 18.3. The van der Waals surface area contributed by atoms with E-state index in [0.29, 0.717) is 21.2 Å². The van der Waals surface area contributed by atoms with Gasteiger partial charge in [-0.3, -0.25) is 0 Å². The van der Waals surface area contributed by atoms with Crippen molar-refractivity contribution in [2.24, 2.45) is 5.73 Å². The third-order valence-electron chi connectivity index (χ3n) is 4.96. The predicted molar refractivity (Wildman–Crippen MR) is 125 cm³/mol. The number of hydrogen-bond acceptors (Lipinski definition) is 8. The number of nitriles is 2. The molecule has 9 heteroatoms. The summed E-state index contributed by atoms with van der Waals surface area (Å²) in [5.41, 5.74) is 9.06. The summed E-state index contributed by atoms with van der Waals surface area (Å²) >= 11 is 7.28. The fourth-order valence-electron chi connectivity index (χ4n) is 3.52. The molecule has 0 fully saturated rings. The summed E-state index contributed by atoms with van der Waals surface area (Å²) in [7, 11) is 0. The summed E-state index contributed by atoms with van der Waals surface area (Å²) in [6.45, 7) is 5.53. The molecular weight excluding hydrogens is 460 g/mol. The molecule has 1 aromatic heterocycles. The Morgan fingerprint density at radius 3 is 2.58 bits per heavy atom. The van der Waals surface area contributed by atoms with Gasteiger partial charge >= 0.3 is 5.97 Å². The van der Waals surface area contributed by atoms with Gasteiger partial charge in [0.25, 0.3) is 0 Å². The van der Waals surface area contributed by atoms with Gasteiger partial charge in [0, 0.05) is 10.7 Å². The average Bonchev–Trinajstić information content (AvgIpc) is 2.77. The van der Waals surface area contributed by atoms with Gasteiger partial charge < -0.3 is 15.2 Å². The Hall–Kier alpha value is -3.46. The number of thioether (sulfide) groups is 1. The predicted octanol–water partition coefficient (Wildman–Crippen LogP) is 4.64. The zero-order valence-corrected chi connectivity index (χ0v) is 19.9. The van der Waals surface area contributed by atoms with Gasteiger partial charge in [-0.15, -0.1) is 0 Å². The highest BCUT2D eigenvalue weighted by molar-refractivity contribution is 7.99. The second-order valence-corrected chi connectivity index (χ2v) is 8.60. The second kappa shape index (κ2) is 10.4. The van der Waals surface area contributed by atoms with E-state index in [1.807, 2.05) is 19.9 Å². The number of ether oxygens (including phenoxy) is 2. The molecule has 0 spiro atoms. The minimum Gasteiger partial charge on any atom is -0.463 e. The van der Waals surface area contributed by atoms with Crippen molar-refractivity contribution in [1.82, 2.24) is 4.98 Å². The van der Waals surface area contributed by atoms with E-state index >= 15 is 0 Å². The molecule has 1 aliphatic rings. The van der Waals surface area contributed by atoms with E-state index in [1.54, 1.807) is 31.2 Å². The van der Waals surface area contributed by atoms with E-state index in [1.165, 1.54) is 11.8 Å². The number of allylic oxidation sites excluding steroid dienone is 1. The smallest absolute Gasteiger partial charge is 0.338 e. The number of rotatable bonds is 6. The van der Waals surface area contributed by atoms with Crippen molar-refractivity contribution in [3.63, 3.8) is 0 Å². The van der Waals surface area contributed by atoms with Gasteiger partial charge in [0.1, 0.15) is 28.5 Å². The van der Waals surface area contributed by atoms with Gasteiger partial charge in [-0.2, -0.15) is 10.5 Å². The van der Waals surface area contributed by atoms with Gasteiger partial charge in [-0.1, -0.05) is 35.5 Å². The molecule has 2 N–H and O–H groups in total. The number of nitrogens with zero attached hydrogens (tertiary/aromatic N) is 3. The summed E-state index contributed by atoms with van der Waals surface area (Å²) in [6, 6.07) is 12.9. The van der Waals surface area contributed by atoms with Crippen molar-refractivity contribution in [2.75, 3.05) is 12.4 Å². The fourth-order valence-corrected chi connectivity index (χ4v) is 4.69. The Labute approximate surface area is 201 Å². The number of aromatic nitrogens is 1. The topological polar surface area (TPSA) is 122 Å². The Kier molecular flexibility index (Phi) is 7.65. The SMILES string of the molecule is CCOC(=O)C1=C(CSc2nc(C)cc(C)c2C#N)OC(N)=C(C#N)C1c1ccc(Cl)cc1. The third-order valence-corrected chi connectivity index (χ3v) is 6.19. The fraction of sp³-hybridized carbons (Fsp3) is 0.250. The third kappa shape index (κ3) is 5.14. The molecule has 1 aliphatic heterocycles.